The lowest BCUT2D eigenvalue weighted by molar-refractivity contribution is -0.307. The second kappa shape index (κ2) is 16.3. The van der Waals surface area contributed by atoms with Gasteiger partial charge >= 0.3 is 11.9 Å². The number of carbonyl (C=O) groups is 3. The number of rotatable bonds is 9. The van der Waals surface area contributed by atoms with E-state index in [1.165, 1.54) is 19.8 Å². The van der Waals surface area contributed by atoms with E-state index >= 15 is 0 Å². The predicted octanol–water partition coefficient (Wildman–Crippen LogP) is 3.24. The summed E-state index contributed by atoms with van der Waals surface area (Å²) in [6, 6.07) is -0.506. The number of cyclic esters (lactones) is 1. The van der Waals surface area contributed by atoms with Crippen LogP contribution in [0.1, 0.15) is 99.8 Å². The number of aliphatic hydroxyl groups is 2. The van der Waals surface area contributed by atoms with Gasteiger partial charge in [0.05, 0.1) is 30.3 Å². The molecular formula is C37H64N2O10. The highest BCUT2D eigenvalue weighted by molar-refractivity contribution is 6.00. The van der Waals surface area contributed by atoms with E-state index in [0.29, 0.717) is 38.1 Å². The summed E-state index contributed by atoms with van der Waals surface area (Å²) in [4.78, 5) is 42.4. The maximum absolute atomic E-state index is 14.2. The van der Waals surface area contributed by atoms with Gasteiger partial charge in [-0.2, -0.15) is 0 Å². The van der Waals surface area contributed by atoms with Gasteiger partial charge in [-0.1, -0.05) is 33.6 Å². The number of likely N-dealkylation sites (N-methyl/N-ethyl adjacent to an activating group) is 1. The van der Waals surface area contributed by atoms with Crippen molar-refractivity contribution in [1.82, 2.24) is 10.2 Å². The molecule has 3 aliphatic heterocycles. The van der Waals surface area contributed by atoms with Gasteiger partial charge in [0.2, 0.25) is 0 Å². The van der Waals surface area contributed by atoms with Gasteiger partial charge in [-0.3, -0.25) is 14.4 Å². The van der Waals surface area contributed by atoms with Crippen LogP contribution in [0.4, 0.5) is 0 Å². The quantitative estimate of drug-likeness (QED) is 0.240. The summed E-state index contributed by atoms with van der Waals surface area (Å²) in [5, 5.41) is 26.4. The van der Waals surface area contributed by atoms with Crippen molar-refractivity contribution in [2.24, 2.45) is 29.6 Å². The van der Waals surface area contributed by atoms with E-state index in [2.05, 4.69) is 12.2 Å². The molecule has 0 spiro atoms. The van der Waals surface area contributed by atoms with Crippen molar-refractivity contribution < 1.29 is 48.3 Å². The molecule has 0 aromatic carbocycles. The van der Waals surface area contributed by atoms with Gasteiger partial charge in [0.15, 0.2) is 17.7 Å². The lowest BCUT2D eigenvalue weighted by Crippen LogP contribution is -2.60. The fourth-order valence-electron chi connectivity index (χ4n) is 8.52. The second-order valence-corrected chi connectivity index (χ2v) is 16.2. The first kappa shape index (κ1) is 40.1. The molecule has 3 heterocycles. The molecule has 3 saturated heterocycles. The van der Waals surface area contributed by atoms with Gasteiger partial charge in [0, 0.05) is 31.0 Å². The fraction of sp³-hybridized carbons (Fsp3) is 0.919. The van der Waals surface area contributed by atoms with Crippen molar-refractivity contribution in [3.63, 3.8) is 0 Å². The molecule has 4 fully saturated rings. The van der Waals surface area contributed by atoms with E-state index in [4.69, 9.17) is 23.7 Å². The van der Waals surface area contributed by atoms with Gasteiger partial charge in [-0.25, -0.2) is 0 Å². The second-order valence-electron chi connectivity index (χ2n) is 16.2. The molecule has 0 bridgehead atoms. The van der Waals surface area contributed by atoms with E-state index in [1.54, 1.807) is 14.0 Å². The normalized spacial score (nSPS) is 43.7. The summed E-state index contributed by atoms with van der Waals surface area (Å²) in [6.45, 7) is 13.5. The van der Waals surface area contributed by atoms with E-state index < -0.39 is 71.6 Å². The van der Waals surface area contributed by atoms with E-state index in [0.717, 1.165) is 6.42 Å². The first-order chi connectivity index (χ1) is 22.9. The van der Waals surface area contributed by atoms with Crippen LogP contribution in [0, 0.1) is 29.6 Å². The molecule has 12 heteroatoms. The highest BCUT2D eigenvalue weighted by atomic mass is 16.7. The molecule has 4 rings (SSSR count). The van der Waals surface area contributed by atoms with Crippen molar-refractivity contribution >= 4 is 17.7 Å². The van der Waals surface area contributed by atoms with Crippen LogP contribution in [0.15, 0.2) is 0 Å². The number of hydrogen-bond donors (Lipinski definition) is 3. The maximum Gasteiger partial charge on any atom is 0.316 e. The minimum atomic E-state index is -1.16. The molecular weight excluding hydrogens is 632 g/mol. The summed E-state index contributed by atoms with van der Waals surface area (Å²) in [6.07, 6.45) is 0.194. The third-order valence-electron chi connectivity index (χ3n) is 12.0. The summed E-state index contributed by atoms with van der Waals surface area (Å²) in [7, 11) is 5.33. The molecule has 1 aliphatic carbocycles. The highest BCUT2D eigenvalue weighted by Gasteiger charge is 2.55. The number of nitrogens with one attached hydrogen (secondary N) is 1. The molecule has 3 N–H and O–H groups in total. The smallest absolute Gasteiger partial charge is 0.316 e. The van der Waals surface area contributed by atoms with Crippen LogP contribution in [0.25, 0.3) is 0 Å². The predicted molar refractivity (Wildman–Crippen MR) is 182 cm³/mol. The Hall–Kier alpha value is -1.67. The molecule has 12 nitrogen and oxygen atoms in total. The van der Waals surface area contributed by atoms with E-state index in [9.17, 15) is 24.6 Å². The van der Waals surface area contributed by atoms with E-state index in [1.807, 2.05) is 46.7 Å². The van der Waals surface area contributed by atoms with Crippen molar-refractivity contribution in [3.05, 3.63) is 0 Å². The van der Waals surface area contributed by atoms with Crippen LogP contribution in [0.3, 0.4) is 0 Å². The highest BCUT2D eigenvalue weighted by Crippen LogP contribution is 2.42. The topological polar surface area (TPSA) is 153 Å². The first-order valence-electron chi connectivity index (χ1n) is 18.5. The Kier molecular flexibility index (Phi) is 13.4. The van der Waals surface area contributed by atoms with Crippen LogP contribution in [0.5, 0.6) is 0 Å². The third-order valence-corrected chi connectivity index (χ3v) is 12.0. The Bertz CT molecular complexity index is 1150. The zero-order chi connectivity index (χ0) is 36.4. The van der Waals surface area contributed by atoms with Gasteiger partial charge < -0.3 is 44.1 Å². The monoisotopic (exact) mass is 696 g/mol. The maximum atomic E-state index is 14.2. The SMILES string of the molecule is CC[C@H]1OC(=O)C(C)C(=O)[C@H](C)[C@@H](OC2OC(C(O)CCC3CC3)CC(N(C)C)C2O)[C@](C)(OC)C[C@@H](C)CN[C@H](C)[C@H]2CC(=O)O[C@@]21C. The Morgan fingerprint density at radius 1 is 1.10 bits per heavy atom. The molecule has 0 aromatic rings. The standard InChI is InChI=1S/C37H64N2O10/c1-11-29-37(7)25(16-30(41)49-37)23(5)38-19-20(2)18-36(6,45-10)33(21(3)31(42)22(4)34(44)47-29)48-35-32(43)26(39(8)9)17-28(46-35)27(40)15-14-24-12-13-24/h20-29,32-33,35,38,40,43H,11-19H2,1-10H3/t20-,21+,22?,23-,25-,26?,27?,28?,29-,32?,33-,35?,36-,37+/m1/s1. The van der Waals surface area contributed by atoms with Crippen LogP contribution in [-0.4, -0.2) is 121 Å². The number of nitrogens with zero attached hydrogens (tertiary/aromatic N) is 1. The zero-order valence-corrected chi connectivity index (χ0v) is 31.5. The van der Waals surface area contributed by atoms with E-state index in [-0.39, 0.29) is 36.3 Å². The number of ketones is 1. The van der Waals surface area contributed by atoms with Crippen LogP contribution in [-0.2, 0) is 38.1 Å². The van der Waals surface area contributed by atoms with Crippen molar-refractivity contribution in [1.29, 1.82) is 0 Å². The van der Waals surface area contributed by atoms with Crippen molar-refractivity contribution in [2.75, 3.05) is 27.7 Å². The number of hydrogen-bond acceptors (Lipinski definition) is 12. The summed E-state index contributed by atoms with van der Waals surface area (Å²) >= 11 is 0. The average Bonchev–Trinajstić information content (AvgIpc) is 3.84. The molecule has 14 atom stereocenters. The zero-order valence-electron chi connectivity index (χ0n) is 31.5. The average molecular weight is 697 g/mol. The van der Waals surface area contributed by atoms with Crippen LogP contribution in [0.2, 0.25) is 0 Å². The van der Waals surface area contributed by atoms with Gasteiger partial charge in [0.25, 0.3) is 0 Å². The molecule has 0 amide bonds. The summed E-state index contributed by atoms with van der Waals surface area (Å²) in [5.74, 6) is -3.05. The lowest BCUT2D eigenvalue weighted by Gasteiger charge is -2.47. The van der Waals surface area contributed by atoms with Crippen molar-refractivity contribution in [2.45, 2.75) is 160 Å². The number of fused-ring (bicyclic) bond motifs is 1. The molecule has 49 heavy (non-hydrogen) atoms. The van der Waals surface area contributed by atoms with Gasteiger partial charge in [-0.05, 0) is 92.3 Å². The van der Waals surface area contributed by atoms with Gasteiger partial charge in [-0.15, -0.1) is 0 Å². The van der Waals surface area contributed by atoms with Crippen LogP contribution < -0.4 is 5.32 Å². The number of carbonyl (C=O) groups excluding carboxylic acids is 3. The molecule has 1 saturated carbocycles. The Morgan fingerprint density at radius 2 is 1.78 bits per heavy atom. The molecule has 6 unspecified atom stereocenters. The number of esters is 2. The number of ether oxygens (including phenoxy) is 5. The van der Waals surface area contributed by atoms with Crippen molar-refractivity contribution in [3.8, 4) is 0 Å². The Balaban J connectivity index is 1.67. The minimum absolute atomic E-state index is 0.0243. The Morgan fingerprint density at radius 3 is 2.37 bits per heavy atom. The van der Waals surface area contributed by atoms with Crippen LogP contribution >= 0.6 is 0 Å². The minimum Gasteiger partial charge on any atom is -0.458 e. The summed E-state index contributed by atoms with van der Waals surface area (Å²) < 4.78 is 31.2. The third kappa shape index (κ3) is 9.04. The number of methoxy groups -OCH3 is 1. The fourth-order valence-corrected chi connectivity index (χ4v) is 8.52. The largest absolute Gasteiger partial charge is 0.458 e. The first-order valence-corrected chi connectivity index (χ1v) is 18.5. The molecule has 282 valence electrons. The molecule has 0 radical (unpaired) electrons. The number of aliphatic hydroxyl groups excluding tert-OH is 2. The molecule has 4 aliphatic rings. The molecule has 0 aromatic heterocycles. The van der Waals surface area contributed by atoms with Gasteiger partial charge in [0.1, 0.15) is 18.1 Å². The lowest BCUT2D eigenvalue weighted by atomic mass is 9.78. The number of Topliss-reactive ketones (excluding diaryl/α,β-unsaturated/α-hetero) is 1. The summed E-state index contributed by atoms with van der Waals surface area (Å²) in [5.41, 5.74) is -2.11. The Labute approximate surface area is 293 Å².